The Morgan fingerprint density at radius 2 is 2.10 bits per heavy atom. The Morgan fingerprint density at radius 3 is 2.83 bits per heavy atom. The summed E-state index contributed by atoms with van der Waals surface area (Å²) in [6, 6.07) is 10.0. The van der Waals surface area contributed by atoms with Crippen molar-refractivity contribution in [2.75, 3.05) is 23.8 Å². The maximum atomic E-state index is 14.1. The smallest absolute Gasteiger partial charge is 0.239 e. The fourth-order valence-corrected chi connectivity index (χ4v) is 5.00. The molecule has 1 fully saturated rings. The van der Waals surface area contributed by atoms with Gasteiger partial charge in [0.2, 0.25) is 5.91 Å². The number of thiazole rings is 1. The van der Waals surface area contributed by atoms with E-state index in [1.807, 2.05) is 31.2 Å². The van der Waals surface area contributed by atoms with Crippen LogP contribution in [0.15, 0.2) is 41.3 Å². The molecule has 2 aromatic carbocycles. The molecule has 0 N–H and O–H groups in total. The summed E-state index contributed by atoms with van der Waals surface area (Å²) in [4.78, 5) is 19.9. The molecule has 4 nitrogen and oxygen atoms in total. The summed E-state index contributed by atoms with van der Waals surface area (Å²) in [5.41, 5.74) is 1.24. The molecule has 29 heavy (non-hydrogen) atoms. The fourth-order valence-electron chi connectivity index (χ4n) is 3.20. The van der Waals surface area contributed by atoms with Crippen molar-refractivity contribution in [1.29, 1.82) is 0 Å². The van der Waals surface area contributed by atoms with Crippen LogP contribution in [0.5, 0.6) is 0 Å². The van der Waals surface area contributed by atoms with Gasteiger partial charge in [0.1, 0.15) is 11.3 Å². The van der Waals surface area contributed by atoms with E-state index in [0.717, 1.165) is 40.7 Å². The molecular formula is C21H20F2N2O2S2. The van der Waals surface area contributed by atoms with Gasteiger partial charge in [-0.05, 0) is 38.0 Å². The predicted molar refractivity (Wildman–Crippen MR) is 113 cm³/mol. The van der Waals surface area contributed by atoms with Gasteiger partial charge in [-0.1, -0.05) is 29.0 Å². The van der Waals surface area contributed by atoms with Gasteiger partial charge in [0.05, 0.1) is 23.1 Å². The standard InChI is InChI=1S/C21H20F2N2O2S2/c1-13-4-6-16(7-5-13)28-12-19(26)25(11-15-3-2-8-27-15)21-24-20-17(23)9-14(22)10-18(20)29-21/h4-7,9-10,15H,2-3,8,11-12H2,1H3. The van der Waals surface area contributed by atoms with E-state index in [9.17, 15) is 13.6 Å². The first-order chi connectivity index (χ1) is 14.0. The van der Waals surface area contributed by atoms with Crippen molar-refractivity contribution in [1.82, 2.24) is 4.98 Å². The van der Waals surface area contributed by atoms with Crippen LogP contribution in [0.25, 0.3) is 10.2 Å². The van der Waals surface area contributed by atoms with Crippen LogP contribution in [0.1, 0.15) is 18.4 Å². The van der Waals surface area contributed by atoms with Crippen LogP contribution in [-0.2, 0) is 9.53 Å². The molecule has 1 saturated heterocycles. The van der Waals surface area contributed by atoms with E-state index >= 15 is 0 Å². The van der Waals surface area contributed by atoms with Gasteiger partial charge in [0.25, 0.3) is 0 Å². The number of aryl methyl sites for hydroxylation is 1. The monoisotopic (exact) mass is 434 g/mol. The first kappa shape index (κ1) is 20.3. The molecule has 0 aliphatic carbocycles. The van der Waals surface area contributed by atoms with Crippen molar-refractivity contribution in [3.8, 4) is 0 Å². The van der Waals surface area contributed by atoms with Gasteiger partial charge in [-0.25, -0.2) is 13.8 Å². The number of nitrogens with zero attached hydrogens (tertiary/aromatic N) is 2. The summed E-state index contributed by atoms with van der Waals surface area (Å²) in [5.74, 6) is -1.29. The molecule has 3 aromatic rings. The van der Waals surface area contributed by atoms with E-state index in [0.29, 0.717) is 23.0 Å². The molecule has 1 aliphatic rings. The van der Waals surface area contributed by atoms with E-state index in [4.69, 9.17) is 4.74 Å². The number of ether oxygens (including phenoxy) is 1. The zero-order chi connectivity index (χ0) is 20.4. The van der Waals surface area contributed by atoms with E-state index in [2.05, 4.69) is 4.98 Å². The highest BCUT2D eigenvalue weighted by molar-refractivity contribution is 8.00. The van der Waals surface area contributed by atoms with Gasteiger partial charge in [-0.3, -0.25) is 9.69 Å². The van der Waals surface area contributed by atoms with Crippen molar-refractivity contribution >= 4 is 44.4 Å². The normalized spacial score (nSPS) is 16.4. The van der Waals surface area contributed by atoms with Crippen LogP contribution >= 0.6 is 23.1 Å². The van der Waals surface area contributed by atoms with Gasteiger partial charge < -0.3 is 4.74 Å². The zero-order valence-corrected chi connectivity index (χ0v) is 17.5. The summed E-state index contributed by atoms with van der Waals surface area (Å²) in [6.45, 7) is 3.04. The lowest BCUT2D eigenvalue weighted by Crippen LogP contribution is -2.38. The highest BCUT2D eigenvalue weighted by atomic mass is 32.2. The van der Waals surface area contributed by atoms with Crippen molar-refractivity contribution in [2.24, 2.45) is 0 Å². The maximum absolute atomic E-state index is 14.1. The third-order valence-corrected chi connectivity index (χ3v) is 6.75. The number of benzene rings is 2. The maximum Gasteiger partial charge on any atom is 0.239 e. The lowest BCUT2D eigenvalue weighted by Gasteiger charge is -2.23. The summed E-state index contributed by atoms with van der Waals surface area (Å²) in [7, 11) is 0. The number of fused-ring (bicyclic) bond motifs is 1. The van der Waals surface area contributed by atoms with Crippen molar-refractivity contribution in [3.05, 3.63) is 53.6 Å². The third kappa shape index (κ3) is 4.76. The number of carbonyl (C=O) groups excluding carboxylic acids is 1. The van der Waals surface area contributed by atoms with Crippen LogP contribution < -0.4 is 4.90 Å². The second-order valence-corrected chi connectivity index (χ2v) is 9.03. The Hall–Kier alpha value is -2.03. The highest BCUT2D eigenvalue weighted by Crippen LogP contribution is 2.32. The topological polar surface area (TPSA) is 42.4 Å². The largest absolute Gasteiger partial charge is 0.376 e. The molecule has 0 radical (unpaired) electrons. The van der Waals surface area contributed by atoms with E-state index in [1.165, 1.54) is 17.8 Å². The number of thioether (sulfide) groups is 1. The van der Waals surface area contributed by atoms with E-state index in [-0.39, 0.29) is 23.3 Å². The number of hydrogen-bond acceptors (Lipinski definition) is 5. The number of amides is 1. The highest BCUT2D eigenvalue weighted by Gasteiger charge is 2.26. The predicted octanol–water partition coefficient (Wildman–Crippen LogP) is 5.19. The molecule has 1 unspecified atom stereocenters. The number of rotatable bonds is 6. The second-order valence-electron chi connectivity index (χ2n) is 6.97. The Balaban J connectivity index is 1.57. The average Bonchev–Trinajstić information content (AvgIpc) is 3.35. The van der Waals surface area contributed by atoms with Crippen molar-refractivity contribution in [3.63, 3.8) is 0 Å². The lowest BCUT2D eigenvalue weighted by atomic mass is 10.2. The number of carbonyl (C=O) groups is 1. The summed E-state index contributed by atoms with van der Waals surface area (Å²) in [5, 5.41) is 0.370. The molecule has 8 heteroatoms. The minimum Gasteiger partial charge on any atom is -0.376 e. The van der Waals surface area contributed by atoms with E-state index < -0.39 is 11.6 Å². The van der Waals surface area contributed by atoms with Crippen LogP contribution in [0, 0.1) is 18.6 Å². The number of hydrogen-bond donors (Lipinski definition) is 0. The van der Waals surface area contributed by atoms with Gasteiger partial charge >= 0.3 is 0 Å². The van der Waals surface area contributed by atoms with Crippen LogP contribution in [0.2, 0.25) is 0 Å². The average molecular weight is 435 g/mol. The summed E-state index contributed by atoms with van der Waals surface area (Å²) >= 11 is 2.56. The van der Waals surface area contributed by atoms with Gasteiger partial charge in [0.15, 0.2) is 10.9 Å². The lowest BCUT2D eigenvalue weighted by molar-refractivity contribution is -0.116. The Bertz CT molecular complexity index is 1020. The van der Waals surface area contributed by atoms with E-state index in [1.54, 1.807) is 4.90 Å². The first-order valence-corrected chi connectivity index (χ1v) is 11.2. The molecule has 1 aromatic heterocycles. The van der Waals surface area contributed by atoms with Gasteiger partial charge in [-0.2, -0.15) is 0 Å². The molecule has 1 amide bonds. The Kier molecular flexibility index (Phi) is 6.12. The Morgan fingerprint density at radius 1 is 1.31 bits per heavy atom. The third-order valence-electron chi connectivity index (χ3n) is 4.73. The van der Waals surface area contributed by atoms with Crippen molar-refractivity contribution < 1.29 is 18.3 Å². The minimum absolute atomic E-state index is 0.0723. The summed E-state index contributed by atoms with van der Waals surface area (Å²) < 4.78 is 33.7. The van der Waals surface area contributed by atoms with Gasteiger partial charge in [-0.15, -0.1) is 11.8 Å². The summed E-state index contributed by atoms with van der Waals surface area (Å²) in [6.07, 6.45) is 1.74. The van der Waals surface area contributed by atoms with Crippen LogP contribution in [0.4, 0.5) is 13.9 Å². The quantitative estimate of drug-likeness (QED) is 0.501. The molecule has 2 heterocycles. The zero-order valence-electron chi connectivity index (χ0n) is 15.9. The molecule has 152 valence electrons. The fraction of sp³-hybridized carbons (Fsp3) is 0.333. The number of halogens is 2. The Labute approximate surface area is 175 Å². The molecule has 4 rings (SSSR count). The van der Waals surface area contributed by atoms with Gasteiger partial charge in [0, 0.05) is 17.6 Å². The number of anilines is 1. The minimum atomic E-state index is -0.721. The molecule has 1 atom stereocenters. The molecule has 1 aliphatic heterocycles. The molecule has 0 spiro atoms. The first-order valence-electron chi connectivity index (χ1n) is 9.36. The van der Waals surface area contributed by atoms with Crippen molar-refractivity contribution in [2.45, 2.75) is 30.8 Å². The SMILES string of the molecule is Cc1ccc(SCC(=O)N(CC2CCCO2)c2nc3c(F)cc(F)cc3s2)cc1. The second kappa shape index (κ2) is 8.77. The van der Waals surface area contributed by atoms with Crippen LogP contribution in [0.3, 0.4) is 0 Å². The number of aromatic nitrogens is 1. The molecule has 0 bridgehead atoms. The van der Waals surface area contributed by atoms with Crippen LogP contribution in [-0.4, -0.2) is 35.9 Å². The molecular weight excluding hydrogens is 414 g/mol. The molecule has 0 saturated carbocycles.